The predicted molar refractivity (Wildman–Crippen MR) is 61.8 cm³/mol. The first-order valence-corrected chi connectivity index (χ1v) is 5.55. The molecule has 0 spiro atoms. The van der Waals surface area contributed by atoms with Crippen molar-refractivity contribution in [1.82, 2.24) is 4.98 Å². The summed E-state index contributed by atoms with van der Waals surface area (Å²) in [4.78, 5) is 4.36. The molecule has 0 saturated heterocycles. The molecule has 1 aromatic heterocycles. The van der Waals surface area contributed by atoms with Crippen molar-refractivity contribution in [3.8, 4) is 0 Å². The third kappa shape index (κ3) is 3.93. The molecule has 0 aliphatic carbocycles. The number of alkyl halides is 1. The Kier molecular flexibility index (Phi) is 5.31. The van der Waals surface area contributed by atoms with Crippen LogP contribution in [0.1, 0.15) is 24.6 Å². The van der Waals surface area contributed by atoms with Crippen LogP contribution in [-0.4, -0.2) is 10.9 Å². The second kappa shape index (κ2) is 6.61. The number of halogens is 1. The highest BCUT2D eigenvalue weighted by molar-refractivity contribution is 6.17. The fraction of sp³-hybridized carbons (Fsp3) is 0.417. The molecule has 0 saturated carbocycles. The number of rotatable bonds is 5. The maximum atomic E-state index is 5.56. The Morgan fingerprint density at radius 3 is 2.79 bits per heavy atom. The summed E-state index contributed by atoms with van der Waals surface area (Å²) >= 11 is 5.56. The van der Waals surface area contributed by atoms with E-state index in [2.05, 4.69) is 36.2 Å². The highest BCUT2D eigenvalue weighted by atomic mass is 35.5. The molecule has 1 aromatic rings. The Hall–Kier alpha value is -0.820. The smallest absolute Gasteiger partial charge is 0.0441 e. The summed E-state index contributed by atoms with van der Waals surface area (Å²) in [5.41, 5.74) is 2.41. The van der Waals surface area contributed by atoms with E-state index >= 15 is 0 Å². The van der Waals surface area contributed by atoms with Gasteiger partial charge in [-0.1, -0.05) is 25.1 Å². The van der Waals surface area contributed by atoms with E-state index in [1.165, 1.54) is 5.56 Å². The number of hydrogen-bond donors (Lipinski definition) is 0. The molecule has 0 N–H and O–H groups in total. The summed E-state index contributed by atoms with van der Waals surface area (Å²) in [6.45, 7) is 2.14. The zero-order valence-corrected chi connectivity index (χ0v) is 9.30. The van der Waals surface area contributed by atoms with Crippen molar-refractivity contribution in [3.63, 3.8) is 0 Å². The molecule has 0 amide bonds. The van der Waals surface area contributed by atoms with Crippen LogP contribution in [-0.2, 0) is 12.8 Å². The minimum atomic E-state index is 0.693. The standard InChI is InChI=1S/C12H16ClN/c1-2-11-7-8-12(14-10-11)6-4-3-5-9-13/h3-4,7-8,10H,2,5-6,9H2,1H3. The first-order valence-electron chi connectivity index (χ1n) is 5.01. The van der Waals surface area contributed by atoms with Gasteiger partial charge >= 0.3 is 0 Å². The van der Waals surface area contributed by atoms with Crippen molar-refractivity contribution in [3.05, 3.63) is 41.7 Å². The van der Waals surface area contributed by atoms with E-state index in [1.807, 2.05) is 6.20 Å². The highest BCUT2D eigenvalue weighted by Crippen LogP contribution is 2.02. The van der Waals surface area contributed by atoms with Crippen LogP contribution in [0, 0.1) is 0 Å². The Bertz CT molecular complexity index is 277. The second-order valence-electron chi connectivity index (χ2n) is 3.16. The number of hydrogen-bond acceptors (Lipinski definition) is 1. The van der Waals surface area contributed by atoms with Gasteiger partial charge in [-0.2, -0.15) is 0 Å². The average molecular weight is 210 g/mol. The van der Waals surface area contributed by atoms with Gasteiger partial charge in [-0.25, -0.2) is 0 Å². The van der Waals surface area contributed by atoms with Crippen molar-refractivity contribution in [1.29, 1.82) is 0 Å². The van der Waals surface area contributed by atoms with Gasteiger partial charge in [-0.3, -0.25) is 4.98 Å². The van der Waals surface area contributed by atoms with Crippen molar-refractivity contribution in [2.24, 2.45) is 0 Å². The van der Waals surface area contributed by atoms with Crippen molar-refractivity contribution >= 4 is 11.6 Å². The topological polar surface area (TPSA) is 12.9 Å². The summed E-state index contributed by atoms with van der Waals surface area (Å²) in [5, 5.41) is 0. The van der Waals surface area contributed by atoms with Crippen LogP contribution in [0.3, 0.4) is 0 Å². The third-order valence-corrected chi connectivity index (χ3v) is 2.28. The lowest BCUT2D eigenvalue weighted by atomic mass is 10.2. The Morgan fingerprint density at radius 2 is 2.21 bits per heavy atom. The summed E-state index contributed by atoms with van der Waals surface area (Å²) in [6.07, 6.45) is 9.06. The Balaban J connectivity index is 2.43. The van der Waals surface area contributed by atoms with Gasteiger partial charge in [0.1, 0.15) is 0 Å². The quantitative estimate of drug-likeness (QED) is 0.535. The van der Waals surface area contributed by atoms with E-state index in [9.17, 15) is 0 Å². The van der Waals surface area contributed by atoms with E-state index in [4.69, 9.17) is 11.6 Å². The Labute approximate surface area is 90.8 Å². The largest absolute Gasteiger partial charge is 0.261 e. The predicted octanol–water partition coefficient (Wildman–Crippen LogP) is 3.37. The van der Waals surface area contributed by atoms with Crippen molar-refractivity contribution in [2.45, 2.75) is 26.2 Å². The average Bonchev–Trinajstić information content (AvgIpc) is 2.25. The van der Waals surface area contributed by atoms with Crippen LogP contribution in [0.4, 0.5) is 0 Å². The van der Waals surface area contributed by atoms with Crippen molar-refractivity contribution in [2.75, 3.05) is 5.88 Å². The molecule has 0 aliphatic rings. The van der Waals surface area contributed by atoms with Crippen molar-refractivity contribution < 1.29 is 0 Å². The van der Waals surface area contributed by atoms with Crippen LogP contribution in [0.15, 0.2) is 30.5 Å². The zero-order chi connectivity index (χ0) is 10.2. The number of nitrogens with zero attached hydrogens (tertiary/aromatic N) is 1. The molecule has 0 fully saturated rings. The lowest BCUT2D eigenvalue weighted by Crippen LogP contribution is -1.89. The molecule has 0 radical (unpaired) electrons. The SMILES string of the molecule is CCc1ccc(CC=CCCCl)nc1. The minimum Gasteiger partial charge on any atom is -0.261 e. The first-order chi connectivity index (χ1) is 6.86. The molecular weight excluding hydrogens is 194 g/mol. The van der Waals surface area contributed by atoms with E-state index < -0.39 is 0 Å². The summed E-state index contributed by atoms with van der Waals surface area (Å²) in [6, 6.07) is 4.22. The normalized spacial score (nSPS) is 11.0. The molecule has 0 bridgehead atoms. The first kappa shape index (κ1) is 11.3. The van der Waals surface area contributed by atoms with Gasteiger partial charge in [-0.15, -0.1) is 11.6 Å². The molecule has 0 aromatic carbocycles. The molecule has 0 unspecified atom stereocenters. The lowest BCUT2D eigenvalue weighted by Gasteiger charge is -1.97. The van der Waals surface area contributed by atoms with E-state index in [0.29, 0.717) is 5.88 Å². The van der Waals surface area contributed by atoms with Crippen LogP contribution < -0.4 is 0 Å². The molecule has 1 rings (SSSR count). The highest BCUT2D eigenvalue weighted by Gasteiger charge is 1.91. The van der Waals surface area contributed by atoms with Gasteiger partial charge in [-0.05, 0) is 24.5 Å². The van der Waals surface area contributed by atoms with E-state index in [1.54, 1.807) is 0 Å². The van der Waals surface area contributed by atoms with Crippen LogP contribution in [0.25, 0.3) is 0 Å². The number of pyridine rings is 1. The van der Waals surface area contributed by atoms with E-state index in [0.717, 1.165) is 25.0 Å². The summed E-state index contributed by atoms with van der Waals surface area (Å²) in [5.74, 6) is 0.693. The molecule has 1 nitrogen and oxygen atoms in total. The van der Waals surface area contributed by atoms with Gasteiger partial charge in [0.15, 0.2) is 0 Å². The van der Waals surface area contributed by atoms with Gasteiger partial charge in [0.2, 0.25) is 0 Å². The van der Waals surface area contributed by atoms with Crippen LogP contribution in [0.5, 0.6) is 0 Å². The van der Waals surface area contributed by atoms with Gasteiger partial charge in [0.05, 0.1) is 0 Å². The van der Waals surface area contributed by atoms with Gasteiger partial charge in [0, 0.05) is 24.2 Å². The van der Waals surface area contributed by atoms with E-state index in [-0.39, 0.29) is 0 Å². The molecule has 76 valence electrons. The zero-order valence-electron chi connectivity index (χ0n) is 8.54. The second-order valence-corrected chi connectivity index (χ2v) is 3.54. The van der Waals surface area contributed by atoms with Gasteiger partial charge < -0.3 is 0 Å². The molecule has 1 heterocycles. The maximum Gasteiger partial charge on any atom is 0.0441 e. The summed E-state index contributed by atoms with van der Waals surface area (Å²) in [7, 11) is 0. The van der Waals surface area contributed by atoms with Crippen LogP contribution in [0.2, 0.25) is 0 Å². The van der Waals surface area contributed by atoms with Gasteiger partial charge in [0.25, 0.3) is 0 Å². The molecule has 14 heavy (non-hydrogen) atoms. The molecule has 0 aliphatic heterocycles. The molecule has 2 heteroatoms. The van der Waals surface area contributed by atoms with Crippen LogP contribution >= 0.6 is 11.6 Å². The summed E-state index contributed by atoms with van der Waals surface area (Å²) < 4.78 is 0. The number of aryl methyl sites for hydroxylation is 1. The maximum absolute atomic E-state index is 5.56. The number of aromatic nitrogens is 1. The monoisotopic (exact) mass is 209 g/mol. The fourth-order valence-corrected chi connectivity index (χ4v) is 1.30. The Morgan fingerprint density at radius 1 is 1.36 bits per heavy atom. The number of allylic oxidation sites excluding steroid dienone is 2. The lowest BCUT2D eigenvalue weighted by molar-refractivity contribution is 1.04. The fourth-order valence-electron chi connectivity index (χ4n) is 1.17. The molecule has 0 atom stereocenters. The molecular formula is C12H16ClN. The minimum absolute atomic E-state index is 0.693. The third-order valence-electron chi connectivity index (χ3n) is 2.06.